The topological polar surface area (TPSA) is 155 Å². The first-order valence-corrected chi connectivity index (χ1v) is 11.1. The van der Waals surface area contributed by atoms with Gasteiger partial charge in [0.2, 0.25) is 0 Å². The van der Waals surface area contributed by atoms with Crippen molar-refractivity contribution in [3.8, 4) is 17.2 Å². The van der Waals surface area contributed by atoms with E-state index in [0.717, 1.165) is 6.07 Å². The molecule has 0 unspecified atom stereocenters. The van der Waals surface area contributed by atoms with Crippen LogP contribution in [0.2, 0.25) is 0 Å². The molecule has 0 radical (unpaired) electrons. The number of anilines is 2. The van der Waals surface area contributed by atoms with Crippen LogP contribution in [0, 0.1) is 10.1 Å². The summed E-state index contributed by atoms with van der Waals surface area (Å²) in [7, 11) is 4.11. The summed E-state index contributed by atoms with van der Waals surface area (Å²) in [6, 6.07) is 9.88. The molecule has 1 aromatic heterocycles. The molecule has 1 heterocycles. The maximum atomic E-state index is 12.8. The fourth-order valence-electron chi connectivity index (χ4n) is 3.03. The Morgan fingerprint density at radius 1 is 0.944 bits per heavy atom. The predicted molar refractivity (Wildman–Crippen MR) is 130 cm³/mol. The molecule has 0 spiro atoms. The third-order valence-electron chi connectivity index (χ3n) is 4.75. The average molecular weight is 516 g/mol. The number of carbonyl (C=O) groups excluding carboxylic acids is 3. The number of hydrogen-bond acceptors (Lipinski definition) is 10. The summed E-state index contributed by atoms with van der Waals surface area (Å²) < 4.78 is 20.5. The first-order chi connectivity index (χ1) is 17.3. The number of rotatable bonds is 10. The van der Waals surface area contributed by atoms with Crippen molar-refractivity contribution in [1.29, 1.82) is 0 Å². The van der Waals surface area contributed by atoms with Crippen LogP contribution in [0.15, 0.2) is 47.8 Å². The van der Waals surface area contributed by atoms with Crippen molar-refractivity contribution in [1.82, 2.24) is 0 Å². The first kappa shape index (κ1) is 26.0. The lowest BCUT2D eigenvalue weighted by molar-refractivity contribution is -0.384. The molecule has 2 N–H and O–H groups in total. The van der Waals surface area contributed by atoms with Gasteiger partial charge in [-0.05, 0) is 23.6 Å². The van der Waals surface area contributed by atoms with E-state index in [1.54, 1.807) is 17.5 Å². The second-order valence-electron chi connectivity index (χ2n) is 6.95. The highest BCUT2D eigenvalue weighted by atomic mass is 32.1. The Morgan fingerprint density at radius 3 is 2.28 bits per heavy atom. The molecule has 0 saturated heterocycles. The van der Waals surface area contributed by atoms with Crippen LogP contribution in [0.5, 0.6) is 17.2 Å². The van der Waals surface area contributed by atoms with Crippen molar-refractivity contribution in [3.05, 3.63) is 68.4 Å². The molecule has 3 rings (SSSR count). The highest BCUT2D eigenvalue weighted by molar-refractivity contribution is 7.12. The quantitative estimate of drug-likeness (QED) is 0.233. The number of benzene rings is 2. The van der Waals surface area contributed by atoms with E-state index in [1.165, 1.54) is 56.9 Å². The molecule has 0 bridgehead atoms. The summed E-state index contributed by atoms with van der Waals surface area (Å²) in [5.41, 5.74) is -0.521. The van der Waals surface area contributed by atoms with Gasteiger partial charge in [0.05, 0.1) is 48.4 Å². The van der Waals surface area contributed by atoms with E-state index in [9.17, 15) is 24.5 Å². The maximum Gasteiger partial charge on any atom is 0.340 e. The average Bonchev–Trinajstić information content (AvgIpc) is 3.42. The van der Waals surface area contributed by atoms with Gasteiger partial charge in [0.15, 0.2) is 18.1 Å². The fourth-order valence-corrected chi connectivity index (χ4v) is 3.65. The lowest BCUT2D eigenvalue weighted by Gasteiger charge is -2.15. The molecule has 12 nitrogen and oxygen atoms in total. The Bertz CT molecular complexity index is 1290. The molecule has 0 saturated carbocycles. The molecular formula is C23H21N3O9S. The molecule has 0 atom stereocenters. The zero-order chi connectivity index (χ0) is 26.2. The standard InChI is InChI=1S/C23H21N3O9S/c1-32-13-6-7-15(17(9-13)26(30)31)24-21(27)12-35-23(29)14-10-18(33-2)19(34-3)11-16(14)25-22(28)20-5-4-8-36-20/h4-11H,12H2,1-3H3,(H,24,27)(H,25,28). The van der Waals surface area contributed by atoms with E-state index >= 15 is 0 Å². The van der Waals surface area contributed by atoms with Gasteiger partial charge in [0.25, 0.3) is 17.5 Å². The molecule has 0 aliphatic rings. The van der Waals surface area contributed by atoms with Crippen LogP contribution in [0.3, 0.4) is 0 Å². The Morgan fingerprint density at radius 2 is 1.67 bits per heavy atom. The van der Waals surface area contributed by atoms with Gasteiger partial charge in [0, 0.05) is 12.1 Å². The highest BCUT2D eigenvalue weighted by Gasteiger charge is 2.22. The second-order valence-corrected chi connectivity index (χ2v) is 7.90. The van der Waals surface area contributed by atoms with E-state index in [-0.39, 0.29) is 34.2 Å². The van der Waals surface area contributed by atoms with Crippen LogP contribution < -0.4 is 24.8 Å². The zero-order valence-corrected chi connectivity index (χ0v) is 20.2. The van der Waals surface area contributed by atoms with E-state index < -0.39 is 35.0 Å². The van der Waals surface area contributed by atoms with Crippen molar-refractivity contribution < 1.29 is 38.3 Å². The smallest absolute Gasteiger partial charge is 0.340 e. The second kappa shape index (κ2) is 11.7. The van der Waals surface area contributed by atoms with Crippen LogP contribution in [0.1, 0.15) is 20.0 Å². The SMILES string of the molecule is COc1ccc(NC(=O)COC(=O)c2cc(OC)c(OC)cc2NC(=O)c2cccs2)c([N+](=O)[O-])c1. The number of nitrogens with zero attached hydrogens (tertiary/aromatic N) is 1. The Kier molecular flexibility index (Phi) is 8.41. The van der Waals surface area contributed by atoms with Gasteiger partial charge in [-0.25, -0.2) is 4.79 Å². The van der Waals surface area contributed by atoms with Gasteiger partial charge in [-0.1, -0.05) is 6.07 Å². The Labute approximate surface area is 208 Å². The number of hydrogen-bond donors (Lipinski definition) is 2. The van der Waals surface area contributed by atoms with E-state index in [4.69, 9.17) is 18.9 Å². The summed E-state index contributed by atoms with van der Waals surface area (Å²) in [6.45, 7) is -0.755. The Balaban J connectivity index is 1.78. The van der Waals surface area contributed by atoms with Crippen LogP contribution in [-0.4, -0.2) is 50.6 Å². The van der Waals surface area contributed by atoms with E-state index in [1.807, 2.05) is 0 Å². The molecule has 2 aromatic carbocycles. The number of carbonyl (C=O) groups is 3. The maximum absolute atomic E-state index is 12.8. The van der Waals surface area contributed by atoms with Crippen molar-refractivity contribution in [2.75, 3.05) is 38.6 Å². The van der Waals surface area contributed by atoms with Gasteiger partial charge in [-0.3, -0.25) is 19.7 Å². The van der Waals surface area contributed by atoms with Crippen LogP contribution in [0.4, 0.5) is 17.1 Å². The number of ether oxygens (including phenoxy) is 4. The minimum Gasteiger partial charge on any atom is -0.496 e. The predicted octanol–water partition coefficient (Wildman–Crippen LogP) is 3.73. The van der Waals surface area contributed by atoms with Crippen LogP contribution in [0.25, 0.3) is 0 Å². The number of methoxy groups -OCH3 is 3. The summed E-state index contributed by atoms with van der Waals surface area (Å²) in [4.78, 5) is 48.8. The van der Waals surface area contributed by atoms with Gasteiger partial charge >= 0.3 is 5.97 Å². The first-order valence-electron chi connectivity index (χ1n) is 10.2. The van der Waals surface area contributed by atoms with Gasteiger partial charge in [-0.2, -0.15) is 0 Å². The summed E-state index contributed by atoms with van der Waals surface area (Å²) in [5.74, 6) is -1.55. The molecule has 2 amide bonds. The third-order valence-corrected chi connectivity index (χ3v) is 5.62. The monoisotopic (exact) mass is 515 g/mol. The van der Waals surface area contributed by atoms with Crippen molar-refractivity contribution >= 4 is 46.2 Å². The molecule has 0 aliphatic carbocycles. The number of nitrogens with one attached hydrogen (secondary N) is 2. The van der Waals surface area contributed by atoms with Gasteiger partial charge in [0.1, 0.15) is 11.4 Å². The number of esters is 1. The summed E-state index contributed by atoms with van der Waals surface area (Å²) >= 11 is 1.21. The fraction of sp³-hybridized carbons (Fsp3) is 0.174. The minimum atomic E-state index is -0.947. The lowest BCUT2D eigenvalue weighted by Crippen LogP contribution is -2.22. The molecule has 0 aliphatic heterocycles. The lowest BCUT2D eigenvalue weighted by atomic mass is 10.1. The number of nitro benzene ring substituents is 1. The zero-order valence-electron chi connectivity index (χ0n) is 19.4. The molecule has 0 fully saturated rings. The van der Waals surface area contributed by atoms with Crippen molar-refractivity contribution in [2.24, 2.45) is 0 Å². The summed E-state index contributed by atoms with van der Waals surface area (Å²) in [5, 5.41) is 18.0. The molecule has 13 heteroatoms. The Hall–Kier alpha value is -4.65. The minimum absolute atomic E-state index is 0.0715. The van der Waals surface area contributed by atoms with Crippen LogP contribution >= 0.6 is 11.3 Å². The normalized spacial score (nSPS) is 10.2. The van der Waals surface area contributed by atoms with Crippen LogP contribution in [-0.2, 0) is 9.53 Å². The molecule has 188 valence electrons. The highest BCUT2D eigenvalue weighted by Crippen LogP contribution is 2.34. The van der Waals surface area contributed by atoms with Crippen molar-refractivity contribution in [2.45, 2.75) is 0 Å². The molecular weight excluding hydrogens is 494 g/mol. The molecule has 36 heavy (non-hydrogen) atoms. The van der Waals surface area contributed by atoms with E-state index in [2.05, 4.69) is 10.6 Å². The van der Waals surface area contributed by atoms with Crippen molar-refractivity contribution in [3.63, 3.8) is 0 Å². The number of nitro groups is 1. The summed E-state index contributed by atoms with van der Waals surface area (Å²) in [6.07, 6.45) is 0. The van der Waals surface area contributed by atoms with E-state index in [0.29, 0.717) is 4.88 Å². The van der Waals surface area contributed by atoms with Gasteiger partial charge in [-0.15, -0.1) is 11.3 Å². The number of amides is 2. The molecule has 3 aromatic rings. The number of thiophene rings is 1. The largest absolute Gasteiger partial charge is 0.496 e. The third kappa shape index (κ3) is 6.07. The van der Waals surface area contributed by atoms with Gasteiger partial charge < -0.3 is 29.6 Å².